The number of nitrogens with zero attached hydrogens (tertiary/aromatic N) is 5. The second-order valence-corrected chi connectivity index (χ2v) is 6.92. The van der Waals surface area contributed by atoms with Gasteiger partial charge in [0.2, 0.25) is 0 Å². The Bertz CT molecular complexity index is 525. The third-order valence-electron chi connectivity index (χ3n) is 4.56. The van der Waals surface area contributed by atoms with Gasteiger partial charge in [-0.1, -0.05) is 0 Å². The van der Waals surface area contributed by atoms with Gasteiger partial charge in [0.25, 0.3) is 0 Å². The molecule has 0 aromatic carbocycles. The minimum Gasteiger partial charge on any atom is -0.355 e. The van der Waals surface area contributed by atoms with Gasteiger partial charge < -0.3 is 15.2 Å². The summed E-state index contributed by atoms with van der Waals surface area (Å²) >= 11 is 0. The van der Waals surface area contributed by atoms with Crippen LogP contribution in [0.5, 0.6) is 0 Å². The minimum atomic E-state index is 0.546. The molecule has 0 spiro atoms. The van der Waals surface area contributed by atoms with E-state index in [1.807, 2.05) is 0 Å². The van der Waals surface area contributed by atoms with Gasteiger partial charge in [-0.2, -0.15) is 0 Å². The van der Waals surface area contributed by atoms with Crippen LogP contribution in [0.1, 0.15) is 52.2 Å². The zero-order valence-electron chi connectivity index (χ0n) is 15.8. The largest absolute Gasteiger partial charge is 0.355 e. The Morgan fingerprint density at radius 2 is 1.92 bits per heavy atom. The lowest BCUT2D eigenvalue weighted by molar-refractivity contribution is 0.178. The molecule has 0 amide bonds. The summed E-state index contributed by atoms with van der Waals surface area (Å²) in [6.07, 6.45) is 3.47. The summed E-state index contributed by atoms with van der Waals surface area (Å²) in [5, 5.41) is 15.4. The van der Waals surface area contributed by atoms with Crippen LogP contribution in [0.15, 0.2) is 4.99 Å². The summed E-state index contributed by atoms with van der Waals surface area (Å²) in [5.41, 5.74) is 0. The first-order valence-corrected chi connectivity index (χ1v) is 9.14. The molecule has 2 rings (SSSR count). The molecule has 2 heterocycles. The zero-order valence-corrected chi connectivity index (χ0v) is 15.8. The molecular weight excluding hydrogens is 302 g/mol. The molecule has 136 valence electrons. The fraction of sp³-hybridized carbons (Fsp3) is 0.824. The molecular formula is C17H33N7. The number of hydrogen-bond donors (Lipinski definition) is 2. The van der Waals surface area contributed by atoms with Gasteiger partial charge in [-0.25, -0.2) is 0 Å². The summed E-state index contributed by atoms with van der Waals surface area (Å²) in [6, 6.07) is 1.09. The predicted octanol–water partition coefficient (Wildman–Crippen LogP) is 1.40. The molecule has 0 unspecified atom stereocenters. The molecule has 7 heteroatoms. The van der Waals surface area contributed by atoms with Crippen LogP contribution in [-0.4, -0.2) is 57.8 Å². The lowest BCUT2D eigenvalue weighted by atomic mass is 10.2. The standard InChI is InChI=1S/C17H33N7/c1-13(2)23(14(3)4)11-9-19-17(18-5)20-12-16-22-21-15-8-6-7-10-24(15)16/h13-14H,6-12H2,1-5H3,(H2,18,19,20). The first-order chi connectivity index (χ1) is 11.5. The Kier molecular flexibility index (Phi) is 7.02. The number of nitrogens with one attached hydrogen (secondary N) is 2. The van der Waals surface area contributed by atoms with Gasteiger partial charge in [0.1, 0.15) is 5.82 Å². The molecule has 24 heavy (non-hydrogen) atoms. The average molecular weight is 336 g/mol. The van der Waals surface area contributed by atoms with Crippen molar-refractivity contribution in [2.45, 2.75) is 72.1 Å². The monoisotopic (exact) mass is 335 g/mol. The number of rotatable bonds is 7. The molecule has 1 aromatic rings. The Labute approximate surface area is 145 Å². The van der Waals surface area contributed by atoms with E-state index in [0.29, 0.717) is 18.6 Å². The van der Waals surface area contributed by atoms with Gasteiger partial charge in [-0.05, 0) is 40.5 Å². The maximum atomic E-state index is 4.32. The normalized spacial score (nSPS) is 15.2. The van der Waals surface area contributed by atoms with E-state index in [4.69, 9.17) is 0 Å². The summed E-state index contributed by atoms with van der Waals surface area (Å²) in [6.45, 7) is 12.5. The topological polar surface area (TPSA) is 70.4 Å². The highest BCUT2D eigenvalue weighted by Gasteiger charge is 2.16. The maximum Gasteiger partial charge on any atom is 0.191 e. The molecule has 7 nitrogen and oxygen atoms in total. The molecule has 0 aliphatic carbocycles. The molecule has 0 fully saturated rings. The van der Waals surface area contributed by atoms with Crippen LogP contribution >= 0.6 is 0 Å². The summed E-state index contributed by atoms with van der Waals surface area (Å²) < 4.78 is 2.24. The zero-order chi connectivity index (χ0) is 17.5. The molecule has 1 aliphatic rings. The summed E-state index contributed by atoms with van der Waals surface area (Å²) in [4.78, 5) is 6.77. The Morgan fingerprint density at radius 3 is 2.58 bits per heavy atom. The van der Waals surface area contributed by atoms with Crippen molar-refractivity contribution in [1.82, 2.24) is 30.3 Å². The van der Waals surface area contributed by atoms with Crippen molar-refractivity contribution in [2.24, 2.45) is 4.99 Å². The van der Waals surface area contributed by atoms with Crippen molar-refractivity contribution >= 4 is 5.96 Å². The highest BCUT2D eigenvalue weighted by atomic mass is 15.3. The molecule has 0 bridgehead atoms. The number of fused-ring (bicyclic) bond motifs is 1. The second-order valence-electron chi connectivity index (χ2n) is 6.92. The number of aromatic nitrogens is 3. The van der Waals surface area contributed by atoms with Crippen LogP contribution < -0.4 is 10.6 Å². The third kappa shape index (κ3) is 4.93. The van der Waals surface area contributed by atoms with Crippen LogP contribution in [0.2, 0.25) is 0 Å². The fourth-order valence-corrected chi connectivity index (χ4v) is 3.30. The van der Waals surface area contributed by atoms with Crippen molar-refractivity contribution < 1.29 is 0 Å². The van der Waals surface area contributed by atoms with Gasteiger partial charge in [0, 0.05) is 45.2 Å². The predicted molar refractivity (Wildman–Crippen MR) is 98.1 cm³/mol. The lowest BCUT2D eigenvalue weighted by Gasteiger charge is -2.30. The van der Waals surface area contributed by atoms with E-state index < -0.39 is 0 Å². The maximum absolute atomic E-state index is 4.32. The molecule has 1 aromatic heterocycles. The van der Waals surface area contributed by atoms with Crippen LogP contribution in [-0.2, 0) is 19.5 Å². The average Bonchev–Trinajstić information content (AvgIpc) is 2.96. The second kappa shape index (κ2) is 9.01. The number of guanidine groups is 1. The molecule has 1 aliphatic heterocycles. The van der Waals surface area contributed by atoms with E-state index >= 15 is 0 Å². The van der Waals surface area contributed by atoms with E-state index in [1.54, 1.807) is 7.05 Å². The van der Waals surface area contributed by atoms with Crippen LogP contribution in [0.3, 0.4) is 0 Å². The first-order valence-electron chi connectivity index (χ1n) is 9.14. The van der Waals surface area contributed by atoms with Crippen LogP contribution in [0.4, 0.5) is 0 Å². The van der Waals surface area contributed by atoms with Gasteiger partial charge in [0.15, 0.2) is 11.8 Å². The van der Waals surface area contributed by atoms with Crippen molar-refractivity contribution in [1.29, 1.82) is 0 Å². The number of aliphatic imine (C=N–C) groups is 1. The van der Waals surface area contributed by atoms with Crippen molar-refractivity contribution in [3.8, 4) is 0 Å². The van der Waals surface area contributed by atoms with E-state index in [-0.39, 0.29) is 0 Å². The van der Waals surface area contributed by atoms with E-state index in [9.17, 15) is 0 Å². The quantitative estimate of drug-likeness (QED) is 0.582. The van der Waals surface area contributed by atoms with Gasteiger partial charge in [0.05, 0.1) is 6.54 Å². The SMILES string of the molecule is CN=C(NCCN(C(C)C)C(C)C)NCc1nnc2n1CCCC2. The highest BCUT2D eigenvalue weighted by molar-refractivity contribution is 5.79. The number of hydrogen-bond acceptors (Lipinski definition) is 4. The van der Waals surface area contributed by atoms with Crippen molar-refractivity contribution in [3.05, 3.63) is 11.6 Å². The highest BCUT2D eigenvalue weighted by Crippen LogP contribution is 2.13. The summed E-state index contributed by atoms with van der Waals surface area (Å²) in [7, 11) is 1.80. The van der Waals surface area contributed by atoms with Crippen LogP contribution in [0.25, 0.3) is 0 Å². The first kappa shape index (κ1) is 18.7. The number of aryl methyl sites for hydroxylation is 1. The molecule has 0 radical (unpaired) electrons. The van der Waals surface area contributed by atoms with Gasteiger partial charge >= 0.3 is 0 Å². The molecule has 0 saturated carbocycles. The third-order valence-corrected chi connectivity index (χ3v) is 4.56. The van der Waals surface area contributed by atoms with E-state index in [1.165, 1.54) is 12.8 Å². The van der Waals surface area contributed by atoms with Gasteiger partial charge in [-0.3, -0.25) is 9.89 Å². The van der Waals surface area contributed by atoms with Crippen LogP contribution in [0, 0.1) is 0 Å². The van der Waals surface area contributed by atoms with Crippen molar-refractivity contribution in [2.75, 3.05) is 20.1 Å². The fourth-order valence-electron chi connectivity index (χ4n) is 3.30. The summed E-state index contributed by atoms with van der Waals surface area (Å²) in [5.74, 6) is 2.93. The minimum absolute atomic E-state index is 0.546. The molecule has 0 saturated heterocycles. The van der Waals surface area contributed by atoms with Gasteiger partial charge in [-0.15, -0.1) is 10.2 Å². The van der Waals surface area contributed by atoms with E-state index in [0.717, 1.165) is 43.7 Å². The Balaban J connectivity index is 1.80. The Hall–Kier alpha value is -1.63. The van der Waals surface area contributed by atoms with Crippen molar-refractivity contribution in [3.63, 3.8) is 0 Å². The molecule has 2 N–H and O–H groups in total. The smallest absolute Gasteiger partial charge is 0.191 e. The Morgan fingerprint density at radius 1 is 1.17 bits per heavy atom. The van der Waals surface area contributed by atoms with E-state index in [2.05, 4.69) is 63.0 Å². The lowest BCUT2D eigenvalue weighted by Crippen LogP contribution is -2.45. The molecule has 0 atom stereocenters.